The van der Waals surface area contributed by atoms with Gasteiger partial charge in [0.2, 0.25) is 0 Å². The molecule has 0 bridgehead atoms. The molecular formula is C11H19F3N2. The smallest absolute Gasteiger partial charge is 0.316 e. The van der Waals surface area contributed by atoms with E-state index in [1.807, 2.05) is 4.90 Å². The molecule has 2 heterocycles. The van der Waals surface area contributed by atoms with Gasteiger partial charge in [-0.25, -0.2) is 0 Å². The fraction of sp³-hybridized carbons (Fsp3) is 1.00. The molecule has 1 N–H and O–H groups in total. The van der Waals surface area contributed by atoms with Crippen molar-refractivity contribution in [2.24, 2.45) is 11.8 Å². The fourth-order valence-electron chi connectivity index (χ4n) is 3.20. The minimum atomic E-state index is -4.02. The van der Waals surface area contributed by atoms with Gasteiger partial charge in [-0.05, 0) is 31.3 Å². The Balaban J connectivity index is 1.90. The molecule has 94 valence electrons. The maximum atomic E-state index is 12.2. The van der Waals surface area contributed by atoms with Crippen molar-refractivity contribution in [2.45, 2.75) is 32.0 Å². The monoisotopic (exact) mass is 236 g/mol. The fourth-order valence-corrected chi connectivity index (χ4v) is 3.20. The van der Waals surface area contributed by atoms with Crippen LogP contribution in [0.15, 0.2) is 0 Å². The van der Waals surface area contributed by atoms with Crippen molar-refractivity contribution in [3.8, 4) is 0 Å². The molecule has 0 aromatic rings. The van der Waals surface area contributed by atoms with E-state index in [0.29, 0.717) is 17.9 Å². The third kappa shape index (κ3) is 2.51. The molecule has 0 radical (unpaired) electrons. The lowest BCUT2D eigenvalue weighted by atomic mass is 9.93. The summed E-state index contributed by atoms with van der Waals surface area (Å²) in [7, 11) is 0. The van der Waals surface area contributed by atoms with Gasteiger partial charge in [-0.3, -0.25) is 4.90 Å². The van der Waals surface area contributed by atoms with Gasteiger partial charge in [-0.1, -0.05) is 6.92 Å². The number of alkyl halides is 3. The summed E-state index contributed by atoms with van der Waals surface area (Å²) in [5, 5.41) is 3.33. The van der Waals surface area contributed by atoms with Crippen LogP contribution < -0.4 is 5.32 Å². The maximum Gasteiger partial charge on any atom is 0.390 e. The molecule has 0 aromatic carbocycles. The summed E-state index contributed by atoms with van der Waals surface area (Å²) in [6.07, 6.45) is -3.73. The number of hydrogen-bond donors (Lipinski definition) is 1. The van der Waals surface area contributed by atoms with E-state index in [4.69, 9.17) is 0 Å². The van der Waals surface area contributed by atoms with E-state index in [-0.39, 0.29) is 6.54 Å². The molecule has 16 heavy (non-hydrogen) atoms. The summed E-state index contributed by atoms with van der Waals surface area (Å²) in [5.74, 6) is 1.14. The summed E-state index contributed by atoms with van der Waals surface area (Å²) in [6, 6.07) is 0.349. The Bertz CT molecular complexity index is 242. The third-order valence-corrected chi connectivity index (χ3v) is 3.93. The van der Waals surface area contributed by atoms with Gasteiger partial charge in [0.25, 0.3) is 0 Å². The van der Waals surface area contributed by atoms with E-state index >= 15 is 0 Å². The molecule has 3 atom stereocenters. The summed E-state index contributed by atoms with van der Waals surface area (Å²) in [4.78, 5) is 2.05. The van der Waals surface area contributed by atoms with Gasteiger partial charge in [-0.2, -0.15) is 13.2 Å². The Kier molecular flexibility index (Phi) is 3.45. The highest BCUT2D eigenvalue weighted by molar-refractivity contribution is 4.97. The second-order valence-electron chi connectivity index (χ2n) is 4.92. The Morgan fingerprint density at radius 1 is 1.31 bits per heavy atom. The molecule has 2 nitrogen and oxygen atoms in total. The number of rotatable bonds is 3. The van der Waals surface area contributed by atoms with Gasteiger partial charge in [0.15, 0.2) is 0 Å². The molecule has 0 amide bonds. The highest BCUT2D eigenvalue weighted by Gasteiger charge is 2.43. The lowest BCUT2D eigenvalue weighted by molar-refractivity contribution is -0.138. The van der Waals surface area contributed by atoms with Crippen molar-refractivity contribution in [1.29, 1.82) is 0 Å². The normalized spacial score (nSPS) is 35.6. The van der Waals surface area contributed by atoms with Crippen LogP contribution in [0.3, 0.4) is 0 Å². The second-order valence-corrected chi connectivity index (χ2v) is 4.92. The second kappa shape index (κ2) is 4.53. The van der Waals surface area contributed by atoms with Crippen LogP contribution in [0.5, 0.6) is 0 Å². The van der Waals surface area contributed by atoms with Gasteiger partial charge >= 0.3 is 6.18 Å². The van der Waals surface area contributed by atoms with Crippen molar-refractivity contribution < 1.29 is 13.2 Å². The van der Waals surface area contributed by atoms with Crippen LogP contribution in [0, 0.1) is 11.8 Å². The highest BCUT2D eigenvalue weighted by Crippen LogP contribution is 2.35. The van der Waals surface area contributed by atoms with E-state index in [2.05, 4.69) is 12.2 Å². The van der Waals surface area contributed by atoms with Gasteiger partial charge in [0.05, 0.1) is 6.42 Å². The first-order valence-corrected chi connectivity index (χ1v) is 6.03. The first-order chi connectivity index (χ1) is 7.51. The van der Waals surface area contributed by atoms with Crippen LogP contribution in [0.2, 0.25) is 0 Å². The molecule has 2 saturated heterocycles. The Morgan fingerprint density at radius 3 is 2.69 bits per heavy atom. The lowest BCUT2D eigenvalue weighted by Crippen LogP contribution is -2.37. The number of nitrogens with one attached hydrogen (secondary N) is 1. The van der Waals surface area contributed by atoms with Crippen molar-refractivity contribution in [3.63, 3.8) is 0 Å². The van der Waals surface area contributed by atoms with Crippen LogP contribution in [0.4, 0.5) is 13.2 Å². The topological polar surface area (TPSA) is 15.3 Å². The summed E-state index contributed by atoms with van der Waals surface area (Å²) in [6.45, 7) is 5.04. The number of halogens is 3. The van der Waals surface area contributed by atoms with E-state index in [9.17, 15) is 13.2 Å². The van der Waals surface area contributed by atoms with Crippen LogP contribution in [-0.4, -0.2) is 43.3 Å². The molecule has 2 fully saturated rings. The van der Waals surface area contributed by atoms with Crippen LogP contribution >= 0.6 is 0 Å². The van der Waals surface area contributed by atoms with Crippen molar-refractivity contribution in [2.75, 3.05) is 26.2 Å². The molecule has 0 aliphatic carbocycles. The summed E-state index contributed by atoms with van der Waals surface area (Å²) < 4.78 is 36.6. The van der Waals surface area contributed by atoms with Crippen molar-refractivity contribution in [1.82, 2.24) is 10.2 Å². The molecule has 0 spiro atoms. The SMILES string of the molecule is CCC1C2CNCC2CN1CCC(F)(F)F. The van der Waals surface area contributed by atoms with Gasteiger partial charge < -0.3 is 5.32 Å². The van der Waals surface area contributed by atoms with Crippen LogP contribution in [0.25, 0.3) is 0 Å². The van der Waals surface area contributed by atoms with Gasteiger partial charge in [0.1, 0.15) is 0 Å². The van der Waals surface area contributed by atoms with Gasteiger partial charge in [0, 0.05) is 19.1 Å². The molecule has 2 aliphatic rings. The number of hydrogen-bond acceptors (Lipinski definition) is 2. The number of fused-ring (bicyclic) bond motifs is 1. The first kappa shape index (κ1) is 12.2. The number of nitrogens with zero attached hydrogens (tertiary/aromatic N) is 1. The van der Waals surface area contributed by atoms with E-state index in [1.54, 1.807) is 0 Å². The average molecular weight is 236 g/mol. The standard InChI is InChI=1S/C11H19F3N2/c1-2-10-9-6-15-5-8(9)7-16(10)4-3-11(12,13)14/h8-10,15H,2-7H2,1H3. The Morgan fingerprint density at radius 2 is 2.06 bits per heavy atom. The zero-order chi connectivity index (χ0) is 11.8. The molecule has 3 unspecified atom stereocenters. The molecule has 0 saturated carbocycles. The van der Waals surface area contributed by atoms with E-state index in [1.165, 1.54) is 0 Å². The van der Waals surface area contributed by atoms with Crippen LogP contribution in [0.1, 0.15) is 19.8 Å². The minimum absolute atomic E-state index is 0.176. The largest absolute Gasteiger partial charge is 0.390 e. The lowest BCUT2D eigenvalue weighted by Gasteiger charge is -2.27. The Hall–Kier alpha value is -0.290. The summed E-state index contributed by atoms with van der Waals surface area (Å²) in [5.41, 5.74) is 0. The molecule has 2 rings (SSSR count). The Labute approximate surface area is 94.2 Å². The number of likely N-dealkylation sites (tertiary alicyclic amines) is 1. The minimum Gasteiger partial charge on any atom is -0.316 e. The molecule has 2 aliphatic heterocycles. The summed E-state index contributed by atoms with van der Waals surface area (Å²) >= 11 is 0. The first-order valence-electron chi connectivity index (χ1n) is 6.03. The van der Waals surface area contributed by atoms with E-state index < -0.39 is 12.6 Å². The van der Waals surface area contributed by atoms with Crippen molar-refractivity contribution in [3.05, 3.63) is 0 Å². The van der Waals surface area contributed by atoms with Crippen LogP contribution in [-0.2, 0) is 0 Å². The predicted molar refractivity (Wildman–Crippen MR) is 56.2 cm³/mol. The van der Waals surface area contributed by atoms with Gasteiger partial charge in [-0.15, -0.1) is 0 Å². The zero-order valence-electron chi connectivity index (χ0n) is 9.56. The predicted octanol–water partition coefficient (Wildman–Crippen LogP) is 1.87. The highest BCUT2D eigenvalue weighted by atomic mass is 19.4. The molecule has 5 heteroatoms. The maximum absolute atomic E-state index is 12.2. The quantitative estimate of drug-likeness (QED) is 0.804. The average Bonchev–Trinajstić information content (AvgIpc) is 2.71. The molecule has 0 aromatic heterocycles. The third-order valence-electron chi connectivity index (χ3n) is 3.93. The van der Waals surface area contributed by atoms with E-state index in [0.717, 1.165) is 26.1 Å². The zero-order valence-corrected chi connectivity index (χ0v) is 9.56. The molecular weight excluding hydrogens is 217 g/mol. The van der Waals surface area contributed by atoms with Crippen molar-refractivity contribution >= 4 is 0 Å².